The van der Waals surface area contributed by atoms with Crippen molar-refractivity contribution in [2.24, 2.45) is 4.99 Å². The first-order valence-electron chi connectivity index (χ1n) is 12.8. The molecule has 0 fully saturated rings. The van der Waals surface area contributed by atoms with E-state index in [1.165, 1.54) is 0 Å². The fourth-order valence-corrected chi connectivity index (χ4v) is 6.21. The van der Waals surface area contributed by atoms with E-state index in [1.54, 1.807) is 7.05 Å². The number of fused-ring (bicyclic) bond motifs is 1. The van der Waals surface area contributed by atoms with Gasteiger partial charge in [0, 0.05) is 10.0 Å². The molecule has 1 aliphatic heterocycles. The first-order valence-corrected chi connectivity index (χ1v) is 15.3. The molecule has 40 heavy (non-hydrogen) atoms. The van der Waals surface area contributed by atoms with Gasteiger partial charge in [0.05, 0.1) is 35.0 Å². The van der Waals surface area contributed by atoms with E-state index in [-0.39, 0.29) is 18.3 Å². The van der Waals surface area contributed by atoms with Crippen LogP contribution < -0.4 is 10.0 Å². The maximum absolute atomic E-state index is 12.9. The average Bonchev–Trinajstić information content (AvgIpc) is 3.46. The van der Waals surface area contributed by atoms with Gasteiger partial charge < -0.3 is 15.4 Å². The number of nitrogens with zero attached hydrogens (tertiary/aromatic N) is 1. The zero-order valence-corrected chi connectivity index (χ0v) is 24.5. The van der Waals surface area contributed by atoms with E-state index in [2.05, 4.69) is 42.0 Å². The van der Waals surface area contributed by atoms with Crippen LogP contribution in [0.25, 0.3) is 22.4 Å². The van der Waals surface area contributed by atoms with Crippen LogP contribution in [0.15, 0.2) is 76.2 Å². The van der Waals surface area contributed by atoms with Gasteiger partial charge in [0.15, 0.2) is 5.88 Å². The minimum atomic E-state index is -3.34. The van der Waals surface area contributed by atoms with Crippen molar-refractivity contribution in [3.63, 3.8) is 0 Å². The van der Waals surface area contributed by atoms with E-state index in [1.807, 2.05) is 67.6 Å². The number of carbonyl (C=O) groups is 1. The molecular formula is C30H29BrN4O4S. The molecule has 0 radical (unpaired) electrons. The molecule has 1 aliphatic rings. The molecule has 0 aliphatic carbocycles. The van der Waals surface area contributed by atoms with Gasteiger partial charge in [-0.25, -0.2) is 18.1 Å². The van der Waals surface area contributed by atoms with Gasteiger partial charge in [-0.15, -0.1) is 0 Å². The van der Waals surface area contributed by atoms with Crippen LogP contribution in [-0.2, 0) is 16.4 Å². The van der Waals surface area contributed by atoms with Crippen molar-refractivity contribution in [3.8, 4) is 28.3 Å². The number of hydrogen-bond donors (Lipinski definition) is 4. The minimum absolute atomic E-state index is 0.0424. The second-order valence-corrected chi connectivity index (χ2v) is 12.5. The summed E-state index contributed by atoms with van der Waals surface area (Å²) in [5.41, 5.74) is 7.37. The summed E-state index contributed by atoms with van der Waals surface area (Å²) >= 11 is 3.41. The van der Waals surface area contributed by atoms with Gasteiger partial charge >= 0.3 is 0 Å². The molecule has 4 aromatic rings. The maximum atomic E-state index is 12.9. The zero-order chi connectivity index (χ0) is 28.4. The molecule has 0 bridgehead atoms. The topological polar surface area (TPSA) is 124 Å². The van der Waals surface area contributed by atoms with Crippen LogP contribution in [0.2, 0.25) is 0 Å². The number of nitrogens with one attached hydrogen (secondary N) is 3. The van der Waals surface area contributed by atoms with Crippen molar-refractivity contribution < 1.29 is 18.3 Å². The van der Waals surface area contributed by atoms with Crippen molar-refractivity contribution in [1.29, 1.82) is 0 Å². The molecule has 1 amide bonds. The Labute approximate surface area is 241 Å². The van der Waals surface area contributed by atoms with E-state index in [9.17, 15) is 18.3 Å². The number of aromatic amines is 1. The lowest BCUT2D eigenvalue weighted by atomic mass is 9.94. The third-order valence-electron chi connectivity index (χ3n) is 6.84. The van der Waals surface area contributed by atoms with Crippen molar-refractivity contribution in [3.05, 3.63) is 99.0 Å². The number of carbonyl (C=O) groups excluding carboxylic acids is 1. The predicted molar refractivity (Wildman–Crippen MR) is 161 cm³/mol. The van der Waals surface area contributed by atoms with Gasteiger partial charge in [-0.3, -0.25) is 4.79 Å². The molecule has 4 N–H and O–H groups in total. The quantitative estimate of drug-likeness (QED) is 0.183. The number of sulfonamides is 1. The highest BCUT2D eigenvalue weighted by Gasteiger charge is 2.33. The Morgan fingerprint density at radius 1 is 0.950 bits per heavy atom. The molecule has 3 aromatic carbocycles. The number of H-pyrrole nitrogens is 1. The maximum Gasteiger partial charge on any atom is 0.280 e. The van der Waals surface area contributed by atoms with Crippen LogP contribution in [-0.4, -0.2) is 49.6 Å². The van der Waals surface area contributed by atoms with Gasteiger partial charge in [0.1, 0.15) is 0 Å². The van der Waals surface area contributed by atoms with Crippen LogP contribution in [0, 0.1) is 6.92 Å². The van der Waals surface area contributed by atoms with Crippen LogP contribution in [0.5, 0.6) is 5.88 Å². The van der Waals surface area contributed by atoms with E-state index in [0.717, 1.165) is 37.9 Å². The molecule has 0 atom stereocenters. The predicted octanol–water partition coefficient (Wildman–Crippen LogP) is 5.15. The summed E-state index contributed by atoms with van der Waals surface area (Å²) < 4.78 is 27.8. The van der Waals surface area contributed by atoms with Gasteiger partial charge in [-0.2, -0.15) is 0 Å². The lowest BCUT2D eigenvalue weighted by Gasteiger charge is -2.12. The Hall–Kier alpha value is -3.57. The highest BCUT2D eigenvalue weighted by molar-refractivity contribution is 9.10. The molecule has 0 saturated heterocycles. The van der Waals surface area contributed by atoms with Crippen LogP contribution in [0.3, 0.4) is 0 Å². The SMILES string of the molecule is CNCNS(=O)(=O)CCCc1cc(C)ccc1-c1ccc(-c2[nH]c(O)c3c2C(=O)N=C3c2ccc(Br)cc2)cc1. The van der Waals surface area contributed by atoms with Crippen LogP contribution in [0.1, 0.15) is 39.0 Å². The fourth-order valence-electron chi connectivity index (χ4n) is 4.91. The second kappa shape index (κ2) is 11.5. The first kappa shape index (κ1) is 28.0. The van der Waals surface area contributed by atoms with Crippen molar-refractivity contribution in [1.82, 2.24) is 15.0 Å². The molecule has 10 heteroatoms. The summed E-state index contributed by atoms with van der Waals surface area (Å²) in [6, 6.07) is 21.3. The third kappa shape index (κ3) is 5.80. The normalized spacial score (nSPS) is 13.0. The van der Waals surface area contributed by atoms with Crippen molar-refractivity contribution in [2.45, 2.75) is 19.8 Å². The molecule has 0 unspecified atom stereocenters. The molecule has 0 spiro atoms. The molecular weight excluding hydrogens is 592 g/mol. The van der Waals surface area contributed by atoms with Gasteiger partial charge in [0.25, 0.3) is 5.91 Å². The number of aromatic nitrogens is 1. The Morgan fingerprint density at radius 2 is 1.62 bits per heavy atom. The molecule has 2 heterocycles. The number of aliphatic imine (C=N–C) groups is 1. The smallest absolute Gasteiger partial charge is 0.280 e. The molecule has 8 nitrogen and oxygen atoms in total. The van der Waals surface area contributed by atoms with Crippen LogP contribution >= 0.6 is 15.9 Å². The van der Waals surface area contributed by atoms with E-state index in [0.29, 0.717) is 35.4 Å². The van der Waals surface area contributed by atoms with Crippen molar-refractivity contribution in [2.75, 3.05) is 19.5 Å². The second-order valence-electron chi connectivity index (χ2n) is 9.71. The Morgan fingerprint density at radius 3 is 2.33 bits per heavy atom. The number of amides is 1. The summed E-state index contributed by atoms with van der Waals surface area (Å²) in [6.45, 7) is 2.22. The molecule has 1 aromatic heterocycles. The summed E-state index contributed by atoms with van der Waals surface area (Å²) in [7, 11) is -1.66. The summed E-state index contributed by atoms with van der Waals surface area (Å²) in [5.74, 6) is -0.453. The lowest BCUT2D eigenvalue weighted by Crippen LogP contribution is -2.33. The number of halogens is 1. The van der Waals surface area contributed by atoms with Gasteiger partial charge in [-0.1, -0.05) is 76.1 Å². The monoisotopic (exact) mass is 620 g/mol. The van der Waals surface area contributed by atoms with Crippen LogP contribution in [0.4, 0.5) is 0 Å². The standard InChI is InChI=1S/C30H29BrN4O4S/c1-18-5-14-24(22(16-18)4-3-15-40(38,39)33-17-32-2)19-6-8-20(9-7-19)27-25-26(30(37)34-27)28(35-29(25)36)21-10-12-23(31)13-11-21/h5-14,16,32-34,37H,3-4,15,17H2,1-2H3. The number of aryl methyl sites for hydroxylation is 2. The zero-order valence-electron chi connectivity index (χ0n) is 22.1. The third-order valence-corrected chi connectivity index (χ3v) is 8.77. The highest BCUT2D eigenvalue weighted by Crippen LogP contribution is 2.39. The Kier molecular flexibility index (Phi) is 8.04. The van der Waals surface area contributed by atoms with Gasteiger partial charge in [-0.05, 0) is 61.2 Å². The van der Waals surface area contributed by atoms with Crippen molar-refractivity contribution >= 4 is 37.6 Å². The van der Waals surface area contributed by atoms with E-state index in [4.69, 9.17) is 0 Å². The molecule has 206 valence electrons. The number of rotatable bonds is 10. The fraction of sp³-hybridized carbons (Fsp3) is 0.200. The number of benzene rings is 3. The summed E-state index contributed by atoms with van der Waals surface area (Å²) in [6.07, 6.45) is 1.10. The summed E-state index contributed by atoms with van der Waals surface area (Å²) in [4.78, 5) is 20.2. The van der Waals surface area contributed by atoms with E-state index >= 15 is 0 Å². The Balaban J connectivity index is 1.40. The summed E-state index contributed by atoms with van der Waals surface area (Å²) in [5, 5.41) is 13.5. The lowest BCUT2D eigenvalue weighted by molar-refractivity contribution is 0.101. The minimum Gasteiger partial charge on any atom is -0.494 e. The Bertz CT molecular complexity index is 1710. The largest absolute Gasteiger partial charge is 0.494 e. The highest BCUT2D eigenvalue weighted by atomic mass is 79.9. The number of aromatic hydroxyl groups is 1. The average molecular weight is 622 g/mol. The molecule has 0 saturated carbocycles. The number of hydrogen-bond acceptors (Lipinski definition) is 5. The first-order chi connectivity index (χ1) is 19.2. The van der Waals surface area contributed by atoms with Gasteiger partial charge in [0.2, 0.25) is 10.0 Å². The van der Waals surface area contributed by atoms with E-state index < -0.39 is 15.9 Å². The molecule has 5 rings (SSSR count).